The normalized spacial score (nSPS) is 22.2. The molecule has 4 heteroatoms. The van der Waals surface area contributed by atoms with Crippen molar-refractivity contribution >= 4 is 11.3 Å². The molecule has 1 aromatic heterocycles. The van der Waals surface area contributed by atoms with Crippen molar-refractivity contribution in [3.05, 3.63) is 16.1 Å². The van der Waals surface area contributed by atoms with Crippen LogP contribution in [-0.2, 0) is 13.0 Å². The summed E-state index contributed by atoms with van der Waals surface area (Å²) in [5.41, 5.74) is 0. The lowest BCUT2D eigenvalue weighted by atomic mass is 9.94. The molecule has 1 N–H and O–H groups in total. The zero-order chi connectivity index (χ0) is 12.3. The Hall–Kier alpha value is -0.450. The highest BCUT2D eigenvalue weighted by Gasteiger charge is 2.22. The molecule has 0 aliphatic carbocycles. The van der Waals surface area contributed by atoms with E-state index in [1.807, 2.05) is 6.20 Å². The summed E-state index contributed by atoms with van der Waals surface area (Å²) in [6.07, 6.45) is 5.51. The Balaban J connectivity index is 1.90. The molecule has 3 nitrogen and oxygen atoms in total. The Morgan fingerprint density at radius 2 is 2.41 bits per heavy atom. The molecule has 0 spiro atoms. The molecular weight excluding hydrogens is 232 g/mol. The van der Waals surface area contributed by atoms with Crippen LogP contribution >= 0.6 is 11.3 Å². The van der Waals surface area contributed by atoms with E-state index in [1.165, 1.54) is 30.9 Å². The molecule has 1 atom stereocenters. The summed E-state index contributed by atoms with van der Waals surface area (Å²) >= 11 is 1.66. The van der Waals surface area contributed by atoms with Crippen molar-refractivity contribution in [3.8, 4) is 0 Å². The molecule has 17 heavy (non-hydrogen) atoms. The predicted octanol–water partition coefficient (Wildman–Crippen LogP) is 2.30. The number of hydrogen-bond acceptors (Lipinski definition) is 4. The number of piperidine rings is 1. The van der Waals surface area contributed by atoms with E-state index >= 15 is 0 Å². The Bertz CT molecular complexity index is 351. The quantitative estimate of drug-likeness (QED) is 0.895. The van der Waals surface area contributed by atoms with Gasteiger partial charge in [0.15, 0.2) is 0 Å². The Kier molecular flexibility index (Phi) is 4.54. The monoisotopic (exact) mass is 254 g/mol. The molecule has 1 aliphatic heterocycles. The fourth-order valence-corrected chi connectivity index (χ4v) is 3.39. The minimum atomic E-state index is 0.125. The number of nitrogens with zero attached hydrogens (tertiary/aromatic N) is 2. The number of aromatic nitrogens is 1. The molecule has 0 radical (unpaired) electrons. The third-order valence-corrected chi connectivity index (χ3v) is 4.51. The fourth-order valence-electron chi connectivity index (χ4n) is 2.50. The Labute approximate surface area is 107 Å². The number of rotatable bonds is 4. The molecule has 1 fully saturated rings. The first kappa shape index (κ1) is 13.0. The summed E-state index contributed by atoms with van der Waals surface area (Å²) in [5.74, 6) is 0.740. The first-order valence-corrected chi connectivity index (χ1v) is 7.29. The molecule has 0 amide bonds. The summed E-state index contributed by atoms with van der Waals surface area (Å²) in [6.45, 7) is 7.12. The third kappa shape index (κ3) is 3.50. The van der Waals surface area contributed by atoms with Gasteiger partial charge >= 0.3 is 0 Å². The Morgan fingerprint density at radius 3 is 3.06 bits per heavy atom. The topological polar surface area (TPSA) is 36.4 Å². The third-order valence-electron chi connectivity index (χ3n) is 3.50. The fraction of sp³-hybridized carbons (Fsp3) is 0.769. The van der Waals surface area contributed by atoms with E-state index in [-0.39, 0.29) is 6.61 Å². The van der Waals surface area contributed by atoms with Crippen molar-refractivity contribution < 1.29 is 5.11 Å². The van der Waals surface area contributed by atoms with Crippen LogP contribution in [0.15, 0.2) is 6.20 Å². The first-order valence-electron chi connectivity index (χ1n) is 6.47. The molecule has 1 aliphatic rings. The average Bonchev–Trinajstić information content (AvgIpc) is 2.77. The van der Waals surface area contributed by atoms with E-state index < -0.39 is 0 Å². The Morgan fingerprint density at radius 1 is 1.59 bits per heavy atom. The summed E-state index contributed by atoms with van der Waals surface area (Å²) in [5, 5.41) is 10.2. The van der Waals surface area contributed by atoms with E-state index in [9.17, 15) is 0 Å². The molecule has 2 rings (SSSR count). The van der Waals surface area contributed by atoms with Gasteiger partial charge in [0.05, 0.1) is 16.5 Å². The zero-order valence-electron chi connectivity index (χ0n) is 10.7. The van der Waals surface area contributed by atoms with E-state index in [0.29, 0.717) is 6.04 Å². The maximum absolute atomic E-state index is 9.03. The lowest BCUT2D eigenvalue weighted by molar-refractivity contribution is 0.139. The van der Waals surface area contributed by atoms with Crippen LogP contribution in [0.4, 0.5) is 0 Å². The van der Waals surface area contributed by atoms with Gasteiger partial charge in [-0.15, -0.1) is 11.3 Å². The number of aliphatic hydroxyl groups is 1. The van der Waals surface area contributed by atoms with E-state index in [0.717, 1.165) is 17.2 Å². The molecule has 96 valence electrons. The molecule has 1 saturated heterocycles. The van der Waals surface area contributed by atoms with Gasteiger partial charge in [0, 0.05) is 25.2 Å². The van der Waals surface area contributed by atoms with Crippen LogP contribution in [0.5, 0.6) is 0 Å². The van der Waals surface area contributed by atoms with Gasteiger partial charge in [-0.05, 0) is 39.2 Å². The number of hydrogen-bond donors (Lipinski definition) is 1. The summed E-state index contributed by atoms with van der Waals surface area (Å²) in [4.78, 5) is 7.94. The van der Waals surface area contributed by atoms with Gasteiger partial charge in [-0.25, -0.2) is 4.98 Å². The number of thiazole rings is 1. The van der Waals surface area contributed by atoms with Gasteiger partial charge < -0.3 is 10.0 Å². The molecular formula is C13H22N2OS. The van der Waals surface area contributed by atoms with Crippen molar-refractivity contribution in [2.45, 2.75) is 45.8 Å². The lowest BCUT2D eigenvalue weighted by Crippen LogP contribution is -2.40. The molecule has 0 aromatic carbocycles. The van der Waals surface area contributed by atoms with Crippen LogP contribution in [-0.4, -0.2) is 34.1 Å². The van der Waals surface area contributed by atoms with E-state index in [2.05, 4.69) is 23.7 Å². The van der Waals surface area contributed by atoms with Crippen molar-refractivity contribution in [2.75, 3.05) is 13.1 Å². The highest BCUT2D eigenvalue weighted by molar-refractivity contribution is 7.11. The second-order valence-corrected chi connectivity index (χ2v) is 6.38. The summed E-state index contributed by atoms with van der Waals surface area (Å²) < 4.78 is 0. The van der Waals surface area contributed by atoms with E-state index in [4.69, 9.17) is 5.11 Å². The largest absolute Gasteiger partial charge is 0.391 e. The predicted molar refractivity (Wildman–Crippen MR) is 71.2 cm³/mol. The van der Waals surface area contributed by atoms with E-state index in [1.54, 1.807) is 11.3 Å². The second-order valence-electron chi connectivity index (χ2n) is 5.18. The SMILES string of the molecule is CC(C)N1CCCC(Cc2ncc(CO)s2)C1. The standard InChI is InChI=1S/C13H22N2OS/c1-10(2)15-5-3-4-11(8-15)6-13-14-7-12(9-16)17-13/h7,10-11,16H,3-6,8-9H2,1-2H3. The average molecular weight is 254 g/mol. The number of likely N-dealkylation sites (tertiary alicyclic amines) is 1. The smallest absolute Gasteiger partial charge is 0.0931 e. The molecule has 0 saturated carbocycles. The van der Waals surface area contributed by atoms with Crippen molar-refractivity contribution in [1.29, 1.82) is 0 Å². The first-order chi connectivity index (χ1) is 8.19. The maximum atomic E-state index is 9.03. The van der Waals surface area contributed by atoms with Crippen LogP contribution in [0, 0.1) is 5.92 Å². The van der Waals surface area contributed by atoms with Gasteiger partial charge in [-0.2, -0.15) is 0 Å². The van der Waals surface area contributed by atoms with Gasteiger partial charge in [0.25, 0.3) is 0 Å². The molecule has 2 heterocycles. The summed E-state index contributed by atoms with van der Waals surface area (Å²) in [7, 11) is 0. The van der Waals surface area contributed by atoms with Gasteiger partial charge in [0.2, 0.25) is 0 Å². The zero-order valence-corrected chi connectivity index (χ0v) is 11.5. The van der Waals surface area contributed by atoms with Crippen molar-refractivity contribution in [2.24, 2.45) is 5.92 Å². The van der Waals surface area contributed by atoms with Gasteiger partial charge in [-0.3, -0.25) is 0 Å². The lowest BCUT2D eigenvalue weighted by Gasteiger charge is -2.35. The van der Waals surface area contributed by atoms with Crippen LogP contribution in [0.25, 0.3) is 0 Å². The van der Waals surface area contributed by atoms with Crippen LogP contribution in [0.2, 0.25) is 0 Å². The van der Waals surface area contributed by atoms with Crippen LogP contribution in [0.1, 0.15) is 36.6 Å². The minimum Gasteiger partial charge on any atom is -0.391 e. The van der Waals surface area contributed by atoms with Gasteiger partial charge in [0.1, 0.15) is 0 Å². The van der Waals surface area contributed by atoms with Gasteiger partial charge in [-0.1, -0.05) is 0 Å². The highest BCUT2D eigenvalue weighted by Crippen LogP contribution is 2.24. The second kappa shape index (κ2) is 5.94. The highest BCUT2D eigenvalue weighted by atomic mass is 32.1. The van der Waals surface area contributed by atoms with Crippen molar-refractivity contribution in [1.82, 2.24) is 9.88 Å². The number of aliphatic hydroxyl groups excluding tert-OH is 1. The molecule has 1 aromatic rings. The molecule has 1 unspecified atom stereocenters. The minimum absolute atomic E-state index is 0.125. The molecule has 0 bridgehead atoms. The maximum Gasteiger partial charge on any atom is 0.0931 e. The van der Waals surface area contributed by atoms with Crippen molar-refractivity contribution in [3.63, 3.8) is 0 Å². The van der Waals surface area contributed by atoms with Crippen LogP contribution < -0.4 is 0 Å². The van der Waals surface area contributed by atoms with Crippen LogP contribution in [0.3, 0.4) is 0 Å². The summed E-state index contributed by atoms with van der Waals surface area (Å²) in [6, 6.07) is 0.655.